The Morgan fingerprint density at radius 1 is 1.24 bits per heavy atom. The minimum absolute atomic E-state index is 0.153. The van der Waals surface area contributed by atoms with Gasteiger partial charge in [-0.05, 0) is 19.1 Å². The highest BCUT2D eigenvalue weighted by Gasteiger charge is 2.41. The third kappa shape index (κ3) is 3.86. The Morgan fingerprint density at radius 2 is 1.76 bits per heavy atom. The van der Waals surface area contributed by atoms with E-state index in [4.69, 9.17) is 0 Å². The number of benzene rings is 1. The first-order chi connectivity index (χ1) is 7.80. The molecule has 0 atom stereocenters. The van der Waals surface area contributed by atoms with Crippen LogP contribution >= 0.6 is 0 Å². The summed E-state index contributed by atoms with van der Waals surface area (Å²) < 4.78 is 36.0. The van der Waals surface area contributed by atoms with Crippen molar-refractivity contribution in [3.63, 3.8) is 0 Å². The van der Waals surface area contributed by atoms with Gasteiger partial charge in [-0.15, -0.1) is 5.11 Å². The quantitative estimate of drug-likeness (QED) is 0.583. The molecule has 7 heteroatoms. The number of carbonyl (C=O) groups is 1. The monoisotopic (exact) mass is 245 g/mol. The molecular formula is C10H10F3N3O. The van der Waals surface area contributed by atoms with Crippen LogP contribution in [-0.2, 0) is 4.79 Å². The van der Waals surface area contributed by atoms with Crippen molar-refractivity contribution in [2.45, 2.75) is 13.1 Å². The molecule has 0 aliphatic heterocycles. The highest BCUT2D eigenvalue weighted by molar-refractivity contribution is 5.81. The first-order valence-electron chi connectivity index (χ1n) is 4.64. The zero-order valence-corrected chi connectivity index (χ0v) is 9.19. The summed E-state index contributed by atoms with van der Waals surface area (Å²) in [5.41, 5.74) is 1.36. The van der Waals surface area contributed by atoms with E-state index in [9.17, 15) is 18.0 Å². The maximum atomic E-state index is 12.0. The zero-order valence-electron chi connectivity index (χ0n) is 9.19. The topological polar surface area (TPSA) is 45.0 Å². The van der Waals surface area contributed by atoms with Crippen LogP contribution in [0.3, 0.4) is 0 Å². The number of aryl methyl sites for hydroxylation is 1. The standard InChI is InChI=1S/C10H10F3N3O/c1-7-3-5-8(6-4-7)14-15-16(2)9(17)10(11,12)13/h3-6H,1-2H3. The number of carbonyl (C=O) groups excluding carboxylic acids is 1. The minimum atomic E-state index is -4.94. The Labute approximate surface area is 95.7 Å². The summed E-state index contributed by atoms with van der Waals surface area (Å²) in [7, 11) is 0.896. The molecule has 0 unspecified atom stereocenters. The summed E-state index contributed by atoms with van der Waals surface area (Å²) in [5.74, 6) is -2.06. The molecule has 0 spiro atoms. The summed E-state index contributed by atoms with van der Waals surface area (Å²) in [5, 5.41) is 6.84. The summed E-state index contributed by atoms with van der Waals surface area (Å²) in [6.07, 6.45) is -4.94. The van der Waals surface area contributed by atoms with E-state index in [0.29, 0.717) is 5.69 Å². The third-order valence-corrected chi connectivity index (χ3v) is 1.86. The maximum absolute atomic E-state index is 12.0. The van der Waals surface area contributed by atoms with Crippen LogP contribution in [-0.4, -0.2) is 24.1 Å². The lowest BCUT2D eigenvalue weighted by Crippen LogP contribution is -2.34. The summed E-state index contributed by atoms with van der Waals surface area (Å²) >= 11 is 0. The molecule has 0 aliphatic carbocycles. The van der Waals surface area contributed by atoms with E-state index >= 15 is 0 Å². The van der Waals surface area contributed by atoms with Gasteiger partial charge >= 0.3 is 12.1 Å². The molecule has 0 bridgehead atoms. The van der Waals surface area contributed by atoms with Gasteiger partial charge in [0.2, 0.25) is 0 Å². The second-order valence-electron chi connectivity index (χ2n) is 3.35. The molecule has 0 heterocycles. The van der Waals surface area contributed by atoms with Crippen molar-refractivity contribution < 1.29 is 18.0 Å². The molecule has 1 amide bonds. The Morgan fingerprint density at radius 3 is 2.24 bits per heavy atom. The molecule has 0 N–H and O–H groups in total. The van der Waals surface area contributed by atoms with Gasteiger partial charge in [0.15, 0.2) is 0 Å². The summed E-state index contributed by atoms with van der Waals surface area (Å²) in [6.45, 7) is 1.86. The molecule has 0 aromatic heterocycles. The highest BCUT2D eigenvalue weighted by atomic mass is 19.4. The van der Waals surface area contributed by atoms with Crippen LogP contribution in [0.1, 0.15) is 5.56 Å². The number of alkyl halides is 3. The van der Waals surface area contributed by atoms with Gasteiger partial charge < -0.3 is 0 Å². The lowest BCUT2D eigenvalue weighted by Gasteiger charge is -2.11. The van der Waals surface area contributed by atoms with Crippen LogP contribution in [0, 0.1) is 6.92 Å². The molecule has 1 rings (SSSR count). The van der Waals surface area contributed by atoms with Gasteiger partial charge in [-0.3, -0.25) is 4.79 Å². The molecule has 0 radical (unpaired) electrons. The Hall–Kier alpha value is -1.92. The molecule has 0 fully saturated rings. The molecular weight excluding hydrogens is 235 g/mol. The predicted molar refractivity (Wildman–Crippen MR) is 54.5 cm³/mol. The van der Waals surface area contributed by atoms with Crippen LogP contribution in [0.5, 0.6) is 0 Å². The lowest BCUT2D eigenvalue weighted by atomic mass is 10.2. The zero-order chi connectivity index (χ0) is 13.1. The minimum Gasteiger partial charge on any atom is -0.262 e. The lowest BCUT2D eigenvalue weighted by molar-refractivity contribution is -0.184. The van der Waals surface area contributed by atoms with Gasteiger partial charge in [0.1, 0.15) is 0 Å². The fraction of sp³-hybridized carbons (Fsp3) is 0.300. The number of hydrogen-bond acceptors (Lipinski definition) is 3. The van der Waals surface area contributed by atoms with Gasteiger partial charge in [0.25, 0.3) is 0 Å². The van der Waals surface area contributed by atoms with E-state index in [0.717, 1.165) is 12.6 Å². The van der Waals surface area contributed by atoms with E-state index in [1.54, 1.807) is 24.3 Å². The Bertz CT molecular complexity index is 425. The number of nitrogens with zero attached hydrogens (tertiary/aromatic N) is 3. The third-order valence-electron chi connectivity index (χ3n) is 1.86. The molecule has 1 aromatic carbocycles. The van der Waals surface area contributed by atoms with E-state index in [1.165, 1.54) is 0 Å². The van der Waals surface area contributed by atoms with E-state index in [1.807, 2.05) is 6.92 Å². The first-order valence-corrected chi connectivity index (χ1v) is 4.64. The van der Waals surface area contributed by atoms with Gasteiger partial charge in [-0.2, -0.15) is 13.2 Å². The van der Waals surface area contributed by atoms with Gasteiger partial charge in [0, 0.05) is 7.05 Å². The maximum Gasteiger partial charge on any atom is 0.473 e. The predicted octanol–water partition coefficient (Wildman–Crippen LogP) is 3.01. The van der Waals surface area contributed by atoms with E-state index in [-0.39, 0.29) is 5.01 Å². The number of hydrogen-bond donors (Lipinski definition) is 0. The van der Waals surface area contributed by atoms with Gasteiger partial charge in [-0.25, -0.2) is 5.01 Å². The van der Waals surface area contributed by atoms with Crippen molar-refractivity contribution >= 4 is 11.6 Å². The fourth-order valence-electron chi connectivity index (χ4n) is 0.954. The van der Waals surface area contributed by atoms with Crippen molar-refractivity contribution in [2.24, 2.45) is 10.3 Å². The second-order valence-corrected chi connectivity index (χ2v) is 3.35. The average molecular weight is 245 g/mol. The molecule has 0 saturated heterocycles. The van der Waals surface area contributed by atoms with E-state index < -0.39 is 12.1 Å². The summed E-state index contributed by atoms with van der Waals surface area (Å²) in [6, 6.07) is 6.65. The fourth-order valence-corrected chi connectivity index (χ4v) is 0.954. The van der Waals surface area contributed by atoms with E-state index in [2.05, 4.69) is 10.3 Å². The van der Waals surface area contributed by atoms with Crippen molar-refractivity contribution in [2.75, 3.05) is 7.05 Å². The second kappa shape index (κ2) is 4.94. The van der Waals surface area contributed by atoms with Crippen molar-refractivity contribution in [3.05, 3.63) is 29.8 Å². The van der Waals surface area contributed by atoms with Gasteiger partial charge in [-0.1, -0.05) is 22.9 Å². The Balaban J connectivity index is 2.72. The molecule has 0 aliphatic rings. The van der Waals surface area contributed by atoms with Gasteiger partial charge in [0.05, 0.1) is 5.69 Å². The smallest absolute Gasteiger partial charge is 0.262 e. The average Bonchev–Trinajstić information content (AvgIpc) is 2.25. The van der Waals surface area contributed by atoms with Crippen LogP contribution in [0.2, 0.25) is 0 Å². The molecule has 17 heavy (non-hydrogen) atoms. The normalized spacial score (nSPS) is 11.8. The van der Waals surface area contributed by atoms with Crippen LogP contribution in [0.25, 0.3) is 0 Å². The highest BCUT2D eigenvalue weighted by Crippen LogP contribution is 2.19. The molecule has 4 nitrogen and oxygen atoms in total. The first kappa shape index (κ1) is 13.1. The molecule has 1 aromatic rings. The number of rotatable bonds is 2. The number of halogens is 3. The summed E-state index contributed by atoms with van der Waals surface area (Å²) in [4.78, 5) is 10.7. The van der Waals surface area contributed by atoms with Crippen molar-refractivity contribution in [1.82, 2.24) is 5.01 Å². The van der Waals surface area contributed by atoms with Crippen LogP contribution < -0.4 is 0 Å². The molecule has 0 saturated carbocycles. The van der Waals surface area contributed by atoms with Crippen LogP contribution in [0.15, 0.2) is 34.6 Å². The van der Waals surface area contributed by atoms with Crippen molar-refractivity contribution in [1.29, 1.82) is 0 Å². The molecule has 92 valence electrons. The number of amides is 1. The largest absolute Gasteiger partial charge is 0.473 e. The SMILES string of the molecule is Cc1ccc(N=NN(C)C(=O)C(F)(F)F)cc1. The van der Waals surface area contributed by atoms with Crippen molar-refractivity contribution in [3.8, 4) is 0 Å². The Kier molecular flexibility index (Phi) is 3.82. The van der Waals surface area contributed by atoms with Crippen LogP contribution in [0.4, 0.5) is 18.9 Å².